The predicted molar refractivity (Wildman–Crippen MR) is 77.9 cm³/mol. The third kappa shape index (κ3) is 3.00. The van der Waals surface area contributed by atoms with Gasteiger partial charge in [-0.25, -0.2) is 17.7 Å². The number of nitrogens with one attached hydrogen (secondary N) is 2. The van der Waals surface area contributed by atoms with Crippen LogP contribution in [0.25, 0.3) is 0 Å². The minimum absolute atomic E-state index is 0.0151. The molecule has 0 radical (unpaired) electrons. The molecule has 1 aromatic heterocycles. The Bertz CT molecular complexity index is 648. The van der Waals surface area contributed by atoms with E-state index in [9.17, 15) is 8.42 Å². The second kappa shape index (κ2) is 5.64. The van der Waals surface area contributed by atoms with E-state index >= 15 is 0 Å². The number of aromatic amines is 1. The maximum absolute atomic E-state index is 11.9. The third-order valence-electron chi connectivity index (χ3n) is 2.95. The van der Waals surface area contributed by atoms with Gasteiger partial charge in [0.2, 0.25) is 10.0 Å². The summed E-state index contributed by atoms with van der Waals surface area (Å²) in [4.78, 5) is 7.48. The molecule has 0 spiro atoms. The molecular formula is C13H18N4O2S. The van der Waals surface area contributed by atoms with Crippen LogP contribution < -0.4 is 5.32 Å². The minimum atomic E-state index is -3.38. The van der Waals surface area contributed by atoms with Gasteiger partial charge in [0.25, 0.3) is 0 Å². The average molecular weight is 294 g/mol. The highest BCUT2D eigenvalue weighted by atomic mass is 32.2. The number of hydrogen-bond donors (Lipinski definition) is 2. The number of hydrogen-bond acceptors (Lipinski definition) is 4. The van der Waals surface area contributed by atoms with E-state index in [1.54, 1.807) is 36.7 Å². The lowest BCUT2D eigenvalue weighted by atomic mass is 10.2. The maximum Gasteiger partial charge on any atom is 0.242 e. The molecule has 7 heteroatoms. The van der Waals surface area contributed by atoms with Gasteiger partial charge < -0.3 is 10.3 Å². The van der Waals surface area contributed by atoms with Crippen molar-refractivity contribution in [3.63, 3.8) is 0 Å². The summed E-state index contributed by atoms with van der Waals surface area (Å²) in [5, 5.41) is 3.25. The standard InChI is InChI=1S/C13H18N4O2S/c1-10(13-14-8-9-15-13)16-11-4-6-12(7-5-11)20(18,19)17(2)3/h4-10,16H,1-3H3,(H,14,15). The van der Waals surface area contributed by atoms with Crippen molar-refractivity contribution in [3.8, 4) is 0 Å². The van der Waals surface area contributed by atoms with Crippen molar-refractivity contribution < 1.29 is 8.42 Å². The lowest BCUT2D eigenvalue weighted by Gasteiger charge is -2.14. The van der Waals surface area contributed by atoms with Crippen LogP contribution in [0.4, 0.5) is 5.69 Å². The van der Waals surface area contributed by atoms with Crippen LogP contribution in [0.2, 0.25) is 0 Å². The first-order chi connectivity index (χ1) is 9.41. The van der Waals surface area contributed by atoms with Crippen molar-refractivity contribution in [3.05, 3.63) is 42.5 Å². The number of rotatable bonds is 5. The van der Waals surface area contributed by atoms with Crippen molar-refractivity contribution in [1.29, 1.82) is 0 Å². The number of imidazole rings is 1. The fourth-order valence-corrected chi connectivity index (χ4v) is 2.67. The van der Waals surface area contributed by atoms with Crippen LogP contribution >= 0.6 is 0 Å². The highest BCUT2D eigenvalue weighted by molar-refractivity contribution is 7.89. The topological polar surface area (TPSA) is 78.1 Å². The van der Waals surface area contributed by atoms with Crippen LogP contribution in [0.5, 0.6) is 0 Å². The van der Waals surface area contributed by atoms with Crippen LogP contribution in [0.3, 0.4) is 0 Å². The molecule has 0 amide bonds. The Kier molecular flexibility index (Phi) is 4.10. The number of sulfonamides is 1. The second-order valence-electron chi connectivity index (χ2n) is 4.65. The smallest absolute Gasteiger partial charge is 0.242 e. The maximum atomic E-state index is 11.9. The fourth-order valence-electron chi connectivity index (χ4n) is 1.77. The van der Waals surface area contributed by atoms with Crippen LogP contribution in [0.1, 0.15) is 18.8 Å². The van der Waals surface area contributed by atoms with Crippen molar-refractivity contribution in [2.24, 2.45) is 0 Å². The summed E-state index contributed by atoms with van der Waals surface area (Å²) >= 11 is 0. The SMILES string of the molecule is CC(Nc1ccc(S(=O)(=O)N(C)C)cc1)c1ncc[nH]1. The highest BCUT2D eigenvalue weighted by Gasteiger charge is 2.16. The molecule has 6 nitrogen and oxygen atoms in total. The van der Waals surface area contributed by atoms with Gasteiger partial charge in [-0.3, -0.25) is 0 Å². The molecule has 0 aliphatic carbocycles. The molecule has 1 aromatic carbocycles. The first-order valence-electron chi connectivity index (χ1n) is 6.19. The van der Waals surface area contributed by atoms with Gasteiger partial charge in [-0.15, -0.1) is 0 Å². The lowest BCUT2D eigenvalue weighted by Crippen LogP contribution is -2.22. The van der Waals surface area contributed by atoms with E-state index < -0.39 is 10.0 Å². The van der Waals surface area contributed by atoms with Gasteiger partial charge in [0, 0.05) is 32.2 Å². The van der Waals surface area contributed by atoms with Crippen LogP contribution in [-0.4, -0.2) is 36.8 Å². The zero-order chi connectivity index (χ0) is 14.8. The van der Waals surface area contributed by atoms with E-state index in [4.69, 9.17) is 0 Å². The monoisotopic (exact) mass is 294 g/mol. The molecule has 0 saturated heterocycles. The molecule has 2 aromatic rings. The molecule has 1 atom stereocenters. The molecule has 2 rings (SSSR count). The predicted octanol–water partition coefficient (Wildman–Crippen LogP) is 1.83. The van der Waals surface area contributed by atoms with Gasteiger partial charge in [0.15, 0.2) is 0 Å². The fraction of sp³-hybridized carbons (Fsp3) is 0.308. The average Bonchev–Trinajstić information content (AvgIpc) is 2.93. The van der Waals surface area contributed by atoms with Gasteiger partial charge >= 0.3 is 0 Å². The van der Waals surface area contributed by atoms with Crippen LogP contribution in [0.15, 0.2) is 41.6 Å². The van der Waals surface area contributed by atoms with E-state index in [0.717, 1.165) is 11.5 Å². The summed E-state index contributed by atoms with van der Waals surface area (Å²) in [5.41, 5.74) is 0.839. The van der Waals surface area contributed by atoms with E-state index in [2.05, 4.69) is 15.3 Å². The van der Waals surface area contributed by atoms with Crippen LogP contribution in [-0.2, 0) is 10.0 Å². The van der Waals surface area contributed by atoms with Gasteiger partial charge in [0.1, 0.15) is 5.82 Å². The molecule has 108 valence electrons. The Morgan fingerprint density at radius 3 is 2.40 bits per heavy atom. The third-order valence-corrected chi connectivity index (χ3v) is 4.77. The molecule has 20 heavy (non-hydrogen) atoms. The van der Waals surface area contributed by atoms with Crippen molar-refractivity contribution in [2.75, 3.05) is 19.4 Å². The first-order valence-corrected chi connectivity index (χ1v) is 7.63. The summed E-state index contributed by atoms with van der Waals surface area (Å²) in [6.07, 6.45) is 3.46. The quantitative estimate of drug-likeness (QED) is 0.882. The zero-order valence-electron chi connectivity index (χ0n) is 11.7. The van der Waals surface area contributed by atoms with Crippen molar-refractivity contribution >= 4 is 15.7 Å². The normalized spacial score (nSPS) is 13.4. The Morgan fingerprint density at radius 1 is 1.25 bits per heavy atom. The molecule has 0 fully saturated rings. The summed E-state index contributed by atoms with van der Waals surface area (Å²) in [6, 6.07) is 6.69. The molecule has 0 aliphatic heterocycles. The summed E-state index contributed by atoms with van der Waals surface area (Å²) < 4.78 is 25.1. The summed E-state index contributed by atoms with van der Waals surface area (Å²) in [5.74, 6) is 0.829. The molecule has 2 N–H and O–H groups in total. The van der Waals surface area contributed by atoms with E-state index in [1.807, 2.05) is 6.92 Å². The molecule has 0 saturated carbocycles. The van der Waals surface area contributed by atoms with E-state index in [0.29, 0.717) is 0 Å². The number of H-pyrrole nitrogens is 1. The first kappa shape index (κ1) is 14.5. The molecule has 1 heterocycles. The van der Waals surface area contributed by atoms with E-state index in [1.165, 1.54) is 18.4 Å². The number of benzene rings is 1. The van der Waals surface area contributed by atoms with E-state index in [-0.39, 0.29) is 10.9 Å². The highest BCUT2D eigenvalue weighted by Crippen LogP contribution is 2.20. The second-order valence-corrected chi connectivity index (χ2v) is 6.80. The molecule has 0 aliphatic rings. The number of anilines is 1. The van der Waals surface area contributed by atoms with Crippen molar-refractivity contribution in [1.82, 2.24) is 14.3 Å². The Labute approximate surface area is 118 Å². The minimum Gasteiger partial charge on any atom is -0.375 e. The van der Waals surface area contributed by atoms with Crippen molar-refractivity contribution in [2.45, 2.75) is 17.9 Å². The Hall–Kier alpha value is -1.86. The zero-order valence-corrected chi connectivity index (χ0v) is 12.5. The lowest BCUT2D eigenvalue weighted by molar-refractivity contribution is 0.521. The van der Waals surface area contributed by atoms with Gasteiger partial charge in [-0.05, 0) is 31.2 Å². The van der Waals surface area contributed by atoms with Gasteiger partial charge in [-0.1, -0.05) is 0 Å². The summed E-state index contributed by atoms with van der Waals surface area (Å²) in [7, 11) is -0.350. The molecule has 1 unspecified atom stereocenters. The van der Waals surface area contributed by atoms with Gasteiger partial charge in [-0.2, -0.15) is 0 Å². The Balaban J connectivity index is 2.13. The number of nitrogens with zero attached hydrogens (tertiary/aromatic N) is 2. The molecular weight excluding hydrogens is 276 g/mol. The Morgan fingerprint density at radius 2 is 1.90 bits per heavy atom. The largest absolute Gasteiger partial charge is 0.375 e. The van der Waals surface area contributed by atoms with Gasteiger partial charge in [0.05, 0.1) is 10.9 Å². The molecule has 0 bridgehead atoms. The summed E-state index contributed by atoms with van der Waals surface area (Å²) in [6.45, 7) is 1.98. The van der Waals surface area contributed by atoms with Crippen LogP contribution in [0, 0.1) is 0 Å². The number of aromatic nitrogens is 2.